The Hall–Kier alpha value is -1.65. The molecule has 2 aromatic rings. The van der Waals surface area contributed by atoms with Gasteiger partial charge in [0.2, 0.25) is 5.91 Å². The van der Waals surface area contributed by atoms with E-state index in [2.05, 4.69) is 21.4 Å². The van der Waals surface area contributed by atoms with Crippen molar-refractivity contribution >= 4 is 39.2 Å². The fraction of sp³-hybridized carbons (Fsp3) is 0.579. The molecular formula is C19H22N4OS2. The number of nitrogens with one attached hydrogen (secondary N) is 1. The van der Waals surface area contributed by atoms with Crippen molar-refractivity contribution in [2.75, 3.05) is 5.75 Å². The Morgan fingerprint density at radius 2 is 2.08 bits per heavy atom. The van der Waals surface area contributed by atoms with E-state index in [0.29, 0.717) is 5.75 Å². The molecule has 0 aliphatic heterocycles. The van der Waals surface area contributed by atoms with Crippen LogP contribution in [0.2, 0.25) is 0 Å². The molecule has 4 rings (SSSR count). The summed E-state index contributed by atoms with van der Waals surface area (Å²) in [5.41, 5.74) is 0.713. The van der Waals surface area contributed by atoms with Crippen molar-refractivity contribution in [3.8, 4) is 6.07 Å². The van der Waals surface area contributed by atoms with Crippen LogP contribution in [0.5, 0.6) is 0 Å². The third-order valence-electron chi connectivity index (χ3n) is 5.28. The van der Waals surface area contributed by atoms with Gasteiger partial charge in [-0.25, -0.2) is 9.97 Å². The Kier molecular flexibility index (Phi) is 4.89. The molecule has 1 fully saturated rings. The normalized spacial score (nSPS) is 18.5. The Bertz CT molecular complexity index is 893. The summed E-state index contributed by atoms with van der Waals surface area (Å²) >= 11 is 3.25. The van der Waals surface area contributed by atoms with E-state index in [0.717, 1.165) is 66.0 Å². The van der Waals surface area contributed by atoms with E-state index in [1.54, 1.807) is 11.3 Å². The first-order chi connectivity index (χ1) is 12.6. The van der Waals surface area contributed by atoms with Gasteiger partial charge in [0.1, 0.15) is 21.2 Å². The number of fused-ring (bicyclic) bond motifs is 3. The molecule has 26 heavy (non-hydrogen) atoms. The minimum Gasteiger partial charge on any atom is -0.337 e. The lowest BCUT2D eigenvalue weighted by molar-refractivity contribution is -0.120. The third-order valence-corrected chi connectivity index (χ3v) is 7.44. The second kappa shape index (κ2) is 7.16. The van der Waals surface area contributed by atoms with Crippen LogP contribution >= 0.6 is 23.1 Å². The van der Waals surface area contributed by atoms with Gasteiger partial charge >= 0.3 is 0 Å². The first-order valence-electron chi connectivity index (χ1n) is 9.24. The van der Waals surface area contributed by atoms with E-state index in [1.807, 2.05) is 6.92 Å². The number of hydrogen-bond acceptors (Lipinski definition) is 6. The maximum absolute atomic E-state index is 12.5. The molecule has 1 amide bonds. The highest BCUT2D eigenvalue weighted by molar-refractivity contribution is 8.00. The summed E-state index contributed by atoms with van der Waals surface area (Å²) in [6.45, 7) is 1.90. The van der Waals surface area contributed by atoms with Gasteiger partial charge in [-0.1, -0.05) is 31.0 Å². The predicted molar refractivity (Wildman–Crippen MR) is 104 cm³/mol. The van der Waals surface area contributed by atoms with Crippen molar-refractivity contribution in [3.63, 3.8) is 0 Å². The number of hydrogen-bond donors (Lipinski definition) is 1. The maximum atomic E-state index is 12.5. The Labute approximate surface area is 161 Å². The van der Waals surface area contributed by atoms with Gasteiger partial charge in [-0.05, 0) is 44.6 Å². The quantitative estimate of drug-likeness (QED) is 0.636. The maximum Gasteiger partial charge on any atom is 0.231 e. The standard InChI is InChI=1S/C19H22N4OS2/c1-12-21-17(16-13-6-5-7-14(13)26-18(16)22-12)25-10-15(24)23-19(11-20)8-3-2-4-9-19/h2-10H2,1H3,(H,23,24). The molecule has 1 saturated carbocycles. The van der Waals surface area contributed by atoms with Crippen LogP contribution in [0.1, 0.15) is 54.8 Å². The topological polar surface area (TPSA) is 78.7 Å². The summed E-state index contributed by atoms with van der Waals surface area (Å²) in [5.74, 6) is 0.968. The van der Waals surface area contributed by atoms with Gasteiger partial charge in [0, 0.05) is 10.3 Å². The van der Waals surface area contributed by atoms with Crippen LogP contribution in [-0.4, -0.2) is 27.2 Å². The van der Waals surface area contributed by atoms with Crippen LogP contribution in [0.15, 0.2) is 5.03 Å². The summed E-state index contributed by atoms with van der Waals surface area (Å²) in [4.78, 5) is 24.2. The van der Waals surface area contributed by atoms with E-state index in [-0.39, 0.29) is 5.91 Å². The number of thiophene rings is 1. The zero-order valence-electron chi connectivity index (χ0n) is 14.9. The van der Waals surface area contributed by atoms with Crippen molar-refractivity contribution in [3.05, 3.63) is 16.3 Å². The number of nitrogens with zero attached hydrogens (tertiary/aromatic N) is 3. The summed E-state index contributed by atoms with van der Waals surface area (Å²) in [6.07, 6.45) is 8.09. The number of carbonyl (C=O) groups is 1. The van der Waals surface area contributed by atoms with Gasteiger partial charge < -0.3 is 5.32 Å². The van der Waals surface area contributed by atoms with E-state index >= 15 is 0 Å². The fourth-order valence-corrected chi connectivity index (χ4v) is 6.30. The third kappa shape index (κ3) is 3.33. The highest BCUT2D eigenvalue weighted by atomic mass is 32.2. The Balaban J connectivity index is 1.51. The predicted octanol–water partition coefficient (Wildman–Crippen LogP) is 3.92. The van der Waals surface area contributed by atoms with Gasteiger partial charge in [-0.15, -0.1) is 11.3 Å². The monoisotopic (exact) mass is 386 g/mol. The molecule has 0 saturated heterocycles. The lowest BCUT2D eigenvalue weighted by Crippen LogP contribution is -2.49. The van der Waals surface area contributed by atoms with Crippen molar-refractivity contribution in [2.45, 2.75) is 68.9 Å². The molecule has 0 atom stereocenters. The van der Waals surface area contributed by atoms with E-state index in [9.17, 15) is 10.1 Å². The molecule has 0 aromatic carbocycles. The highest BCUT2D eigenvalue weighted by Gasteiger charge is 2.33. The Morgan fingerprint density at radius 3 is 2.85 bits per heavy atom. The molecule has 136 valence electrons. The number of thioether (sulfide) groups is 1. The molecule has 5 nitrogen and oxygen atoms in total. The molecule has 0 bridgehead atoms. The van der Waals surface area contributed by atoms with E-state index < -0.39 is 5.54 Å². The summed E-state index contributed by atoms with van der Waals surface area (Å²) in [7, 11) is 0. The van der Waals surface area contributed by atoms with Crippen LogP contribution in [0.3, 0.4) is 0 Å². The minimum atomic E-state index is -0.670. The summed E-state index contributed by atoms with van der Waals surface area (Å²) in [6, 6.07) is 2.35. The molecule has 2 aromatic heterocycles. The number of carbonyl (C=O) groups excluding carboxylic acids is 1. The Morgan fingerprint density at radius 1 is 1.27 bits per heavy atom. The fourth-order valence-electron chi connectivity index (χ4n) is 4.03. The van der Waals surface area contributed by atoms with Gasteiger partial charge in [0.15, 0.2) is 0 Å². The van der Waals surface area contributed by atoms with Crippen LogP contribution in [0.4, 0.5) is 0 Å². The van der Waals surface area contributed by atoms with Gasteiger partial charge in [-0.3, -0.25) is 4.79 Å². The van der Waals surface area contributed by atoms with Crippen LogP contribution in [-0.2, 0) is 17.6 Å². The van der Waals surface area contributed by atoms with Crippen molar-refractivity contribution in [2.24, 2.45) is 0 Å². The molecule has 2 aliphatic rings. The summed E-state index contributed by atoms with van der Waals surface area (Å²) < 4.78 is 0. The zero-order valence-corrected chi connectivity index (χ0v) is 16.6. The average Bonchev–Trinajstić information content (AvgIpc) is 3.21. The van der Waals surface area contributed by atoms with Crippen LogP contribution < -0.4 is 5.32 Å². The van der Waals surface area contributed by atoms with Crippen molar-refractivity contribution in [1.82, 2.24) is 15.3 Å². The average molecular weight is 387 g/mol. The van der Waals surface area contributed by atoms with Crippen molar-refractivity contribution in [1.29, 1.82) is 5.26 Å². The SMILES string of the molecule is Cc1nc(SCC(=O)NC2(C#N)CCCCC2)c2c3c(sc2n1)CCC3. The highest BCUT2D eigenvalue weighted by Crippen LogP contribution is 2.40. The first-order valence-corrected chi connectivity index (χ1v) is 11.0. The largest absolute Gasteiger partial charge is 0.337 e. The van der Waals surface area contributed by atoms with Gasteiger partial charge in [0.05, 0.1) is 11.8 Å². The minimum absolute atomic E-state index is 0.0743. The zero-order chi connectivity index (χ0) is 18.1. The number of aromatic nitrogens is 2. The van der Waals surface area contributed by atoms with Gasteiger partial charge in [0.25, 0.3) is 0 Å². The lowest BCUT2D eigenvalue weighted by Gasteiger charge is -2.31. The molecule has 2 aliphatic carbocycles. The van der Waals surface area contributed by atoms with E-state index in [1.165, 1.54) is 28.6 Å². The molecule has 0 spiro atoms. The number of nitriles is 1. The van der Waals surface area contributed by atoms with Gasteiger partial charge in [-0.2, -0.15) is 5.26 Å². The number of rotatable bonds is 4. The summed E-state index contributed by atoms with van der Waals surface area (Å²) in [5, 5.41) is 14.6. The lowest BCUT2D eigenvalue weighted by atomic mass is 9.83. The second-order valence-electron chi connectivity index (χ2n) is 7.20. The number of aryl methyl sites for hydroxylation is 3. The first kappa shape index (κ1) is 17.7. The number of amides is 1. The molecule has 0 unspecified atom stereocenters. The van der Waals surface area contributed by atoms with Crippen molar-refractivity contribution < 1.29 is 4.79 Å². The molecule has 0 radical (unpaired) electrons. The molecule has 2 heterocycles. The molecule has 7 heteroatoms. The second-order valence-corrected chi connectivity index (χ2v) is 9.25. The van der Waals surface area contributed by atoms with Crippen LogP contribution in [0.25, 0.3) is 10.2 Å². The molecular weight excluding hydrogens is 364 g/mol. The smallest absolute Gasteiger partial charge is 0.231 e. The molecule has 1 N–H and O–H groups in total. The van der Waals surface area contributed by atoms with E-state index in [4.69, 9.17) is 0 Å². The van der Waals surface area contributed by atoms with Crippen LogP contribution in [0, 0.1) is 18.3 Å².